The third-order valence-corrected chi connectivity index (χ3v) is 7.50. The molecular formula is C25H25Cl2N5O3. The Kier molecular flexibility index (Phi) is 6.34. The van der Waals surface area contributed by atoms with Crippen molar-refractivity contribution in [1.29, 1.82) is 0 Å². The summed E-state index contributed by atoms with van der Waals surface area (Å²) in [6.45, 7) is 1.19. The first-order valence-corrected chi connectivity index (χ1v) is 12.1. The topological polar surface area (TPSA) is 102 Å². The zero-order chi connectivity index (χ0) is 24.7. The van der Waals surface area contributed by atoms with Gasteiger partial charge >= 0.3 is 6.03 Å². The summed E-state index contributed by atoms with van der Waals surface area (Å²) in [5, 5.41) is 8.49. The molecule has 1 aliphatic carbocycles. The maximum absolute atomic E-state index is 13.0. The molecule has 1 saturated carbocycles. The number of hydrogen-bond acceptors (Lipinski definition) is 4. The monoisotopic (exact) mass is 513 g/mol. The number of hydrogen-bond donors (Lipinski definition) is 2. The molecule has 1 fully saturated rings. The van der Waals surface area contributed by atoms with Gasteiger partial charge in [0.05, 0.1) is 41.5 Å². The zero-order valence-corrected chi connectivity index (χ0v) is 20.6. The summed E-state index contributed by atoms with van der Waals surface area (Å²) in [6.07, 6.45) is 1.77. The average molecular weight is 514 g/mol. The number of primary amides is 1. The summed E-state index contributed by atoms with van der Waals surface area (Å²) in [5.74, 6) is 0.653. The van der Waals surface area contributed by atoms with E-state index in [0.717, 1.165) is 18.6 Å². The fourth-order valence-corrected chi connectivity index (χ4v) is 5.04. The maximum atomic E-state index is 13.0. The van der Waals surface area contributed by atoms with Gasteiger partial charge in [-0.3, -0.25) is 9.48 Å². The minimum Gasteiger partial charge on any atom is -0.497 e. The van der Waals surface area contributed by atoms with E-state index in [0.29, 0.717) is 51.6 Å². The third-order valence-electron chi connectivity index (χ3n) is 6.76. The molecule has 3 aromatic rings. The molecule has 0 spiro atoms. The lowest BCUT2D eigenvalue weighted by Crippen LogP contribution is -2.51. The van der Waals surface area contributed by atoms with E-state index < -0.39 is 5.91 Å². The second-order valence-corrected chi connectivity index (χ2v) is 9.71. The molecule has 2 aromatic carbocycles. The number of urea groups is 1. The van der Waals surface area contributed by atoms with E-state index in [1.807, 2.05) is 12.1 Å². The Hall–Kier alpha value is -3.23. The number of nitrogens with one attached hydrogen (secondary N) is 1. The quantitative estimate of drug-likeness (QED) is 0.526. The van der Waals surface area contributed by atoms with E-state index in [2.05, 4.69) is 22.5 Å². The standard InChI is InChI=1S/C25H25Cl2N5O3/c1-35-18-5-2-14(3-6-18)16-10-17(11-16)29-25(34)31-8-9-32-21(13-31)22(24(28)33)23(30-32)15-4-7-19(26)20(27)12-15/h2-7,12,16-17H,8-11,13H2,1H3,(H2,28,33)(H,29,34). The summed E-state index contributed by atoms with van der Waals surface area (Å²) in [4.78, 5) is 27.1. The van der Waals surface area contributed by atoms with E-state index in [4.69, 9.17) is 33.7 Å². The van der Waals surface area contributed by atoms with Crippen molar-refractivity contribution in [3.8, 4) is 17.0 Å². The number of halogens is 2. The highest BCUT2D eigenvalue weighted by Crippen LogP contribution is 2.38. The van der Waals surface area contributed by atoms with Crippen molar-refractivity contribution in [3.63, 3.8) is 0 Å². The minimum atomic E-state index is -0.601. The normalized spacial score (nSPS) is 19.0. The molecule has 2 aliphatic rings. The Morgan fingerprint density at radius 2 is 1.83 bits per heavy atom. The predicted octanol–water partition coefficient (Wildman–Crippen LogP) is 4.44. The number of nitrogens with two attached hydrogens (primary N) is 1. The molecule has 0 bridgehead atoms. The third kappa shape index (κ3) is 4.56. The maximum Gasteiger partial charge on any atom is 0.318 e. The summed E-state index contributed by atoms with van der Waals surface area (Å²) in [5.41, 5.74) is 8.98. The molecule has 0 saturated heterocycles. The van der Waals surface area contributed by atoms with E-state index in [9.17, 15) is 9.59 Å². The Labute approximate surface area is 212 Å². The second kappa shape index (κ2) is 9.43. The van der Waals surface area contributed by atoms with E-state index in [1.165, 1.54) is 5.56 Å². The van der Waals surface area contributed by atoms with E-state index in [1.54, 1.807) is 34.9 Å². The zero-order valence-electron chi connectivity index (χ0n) is 19.1. The lowest BCUT2D eigenvalue weighted by Gasteiger charge is -2.38. The Morgan fingerprint density at radius 1 is 1.09 bits per heavy atom. The van der Waals surface area contributed by atoms with Gasteiger partial charge in [0, 0.05) is 18.2 Å². The van der Waals surface area contributed by atoms with Gasteiger partial charge < -0.3 is 20.7 Å². The van der Waals surface area contributed by atoms with Crippen LogP contribution in [-0.4, -0.2) is 46.3 Å². The largest absolute Gasteiger partial charge is 0.497 e. The van der Waals surface area contributed by atoms with Gasteiger partial charge in [0.15, 0.2) is 0 Å². The molecular weight excluding hydrogens is 489 g/mol. The molecule has 0 radical (unpaired) electrons. The minimum absolute atomic E-state index is 0.115. The molecule has 8 nitrogen and oxygen atoms in total. The van der Waals surface area contributed by atoms with Gasteiger partial charge in [-0.05, 0) is 48.6 Å². The van der Waals surface area contributed by atoms with Crippen molar-refractivity contribution in [1.82, 2.24) is 20.0 Å². The number of carbonyl (C=O) groups is 2. The lowest BCUT2D eigenvalue weighted by molar-refractivity contribution is 0.0997. The number of nitrogens with zero attached hydrogens (tertiary/aromatic N) is 3. The van der Waals surface area contributed by atoms with Crippen LogP contribution < -0.4 is 15.8 Å². The summed E-state index contributed by atoms with van der Waals surface area (Å²) in [7, 11) is 1.65. The van der Waals surface area contributed by atoms with Crippen LogP contribution in [0.3, 0.4) is 0 Å². The highest BCUT2D eigenvalue weighted by molar-refractivity contribution is 6.42. The number of carbonyl (C=O) groups excluding carboxylic acids is 2. The van der Waals surface area contributed by atoms with Gasteiger partial charge in [0.2, 0.25) is 0 Å². The molecule has 1 aliphatic heterocycles. The smallest absolute Gasteiger partial charge is 0.318 e. The Morgan fingerprint density at radius 3 is 2.49 bits per heavy atom. The van der Waals surface area contributed by atoms with Crippen molar-refractivity contribution in [2.24, 2.45) is 5.73 Å². The molecule has 182 valence electrons. The van der Waals surface area contributed by atoms with E-state index >= 15 is 0 Å². The van der Waals surface area contributed by atoms with Crippen molar-refractivity contribution in [2.45, 2.75) is 37.9 Å². The summed E-state index contributed by atoms with van der Waals surface area (Å²) in [6, 6.07) is 13.1. The van der Waals surface area contributed by atoms with Crippen molar-refractivity contribution in [2.75, 3.05) is 13.7 Å². The van der Waals surface area contributed by atoms with Crippen LogP contribution >= 0.6 is 23.2 Å². The van der Waals surface area contributed by atoms with Gasteiger partial charge in [-0.2, -0.15) is 5.10 Å². The number of fused-ring (bicyclic) bond motifs is 1. The van der Waals surface area contributed by atoms with Gasteiger partial charge in [-0.15, -0.1) is 0 Å². The predicted molar refractivity (Wildman–Crippen MR) is 134 cm³/mol. The first kappa shape index (κ1) is 23.5. The average Bonchev–Trinajstić information content (AvgIpc) is 3.22. The Bertz CT molecular complexity index is 1280. The van der Waals surface area contributed by atoms with Gasteiger partial charge in [0.1, 0.15) is 11.4 Å². The van der Waals surface area contributed by atoms with Gasteiger partial charge in [0.25, 0.3) is 5.91 Å². The Balaban J connectivity index is 1.26. The number of aromatic nitrogens is 2. The van der Waals surface area contributed by atoms with Crippen LogP contribution in [0.2, 0.25) is 10.0 Å². The number of ether oxygens (including phenoxy) is 1. The number of amides is 3. The van der Waals surface area contributed by atoms with Crippen LogP contribution in [0.15, 0.2) is 42.5 Å². The second-order valence-electron chi connectivity index (χ2n) is 8.90. The van der Waals surface area contributed by atoms with Crippen molar-refractivity contribution < 1.29 is 14.3 Å². The summed E-state index contributed by atoms with van der Waals surface area (Å²) >= 11 is 12.2. The fraction of sp³-hybridized carbons (Fsp3) is 0.320. The van der Waals surface area contributed by atoms with Crippen molar-refractivity contribution >= 4 is 35.1 Å². The SMILES string of the molecule is COc1ccc(C2CC(NC(=O)N3CCn4nc(-c5ccc(Cl)c(Cl)c5)c(C(N)=O)c4C3)C2)cc1. The molecule has 3 amide bonds. The van der Waals surface area contributed by atoms with Crippen LogP contribution in [0.5, 0.6) is 5.75 Å². The number of rotatable bonds is 5. The molecule has 0 atom stereocenters. The lowest BCUT2D eigenvalue weighted by atomic mass is 9.76. The number of methoxy groups -OCH3 is 1. The molecule has 5 rings (SSSR count). The van der Waals surface area contributed by atoms with Crippen LogP contribution in [-0.2, 0) is 13.1 Å². The molecule has 2 heterocycles. The van der Waals surface area contributed by atoms with Crippen LogP contribution in [0, 0.1) is 0 Å². The highest BCUT2D eigenvalue weighted by Gasteiger charge is 2.34. The fourth-order valence-electron chi connectivity index (χ4n) is 4.75. The van der Waals surface area contributed by atoms with Gasteiger partial charge in [-0.25, -0.2) is 4.79 Å². The number of benzene rings is 2. The molecule has 3 N–H and O–H groups in total. The first-order chi connectivity index (χ1) is 16.8. The van der Waals surface area contributed by atoms with Crippen LogP contribution in [0.25, 0.3) is 11.3 Å². The molecule has 10 heteroatoms. The summed E-state index contributed by atoms with van der Waals surface area (Å²) < 4.78 is 6.96. The molecule has 0 unspecified atom stereocenters. The van der Waals surface area contributed by atoms with Crippen LogP contribution in [0.1, 0.15) is 40.4 Å². The van der Waals surface area contributed by atoms with Gasteiger partial charge in [-0.1, -0.05) is 41.4 Å². The first-order valence-electron chi connectivity index (χ1n) is 11.4. The molecule has 35 heavy (non-hydrogen) atoms. The molecule has 1 aromatic heterocycles. The van der Waals surface area contributed by atoms with Crippen LogP contribution in [0.4, 0.5) is 4.79 Å². The highest BCUT2D eigenvalue weighted by atomic mass is 35.5. The van der Waals surface area contributed by atoms with Crippen molar-refractivity contribution in [3.05, 3.63) is 69.3 Å². The van der Waals surface area contributed by atoms with E-state index in [-0.39, 0.29) is 18.6 Å².